The molecule has 0 aromatic carbocycles. The van der Waals surface area contributed by atoms with Gasteiger partial charge in [-0.05, 0) is 12.8 Å². The van der Waals surface area contributed by atoms with Gasteiger partial charge in [-0.15, -0.1) is 0 Å². The minimum atomic E-state index is 0.313. The van der Waals surface area contributed by atoms with Crippen molar-refractivity contribution in [3.05, 3.63) is 11.8 Å². The van der Waals surface area contributed by atoms with Gasteiger partial charge < -0.3 is 9.64 Å². The van der Waals surface area contributed by atoms with Crippen LogP contribution in [0.15, 0.2) is 11.8 Å². The predicted molar refractivity (Wildman–Crippen MR) is 49.3 cm³/mol. The smallest absolute Gasteiger partial charge is 0.178 e. The van der Waals surface area contributed by atoms with Crippen LogP contribution in [-0.2, 0) is 9.53 Å². The van der Waals surface area contributed by atoms with E-state index in [0.29, 0.717) is 5.78 Å². The lowest BCUT2D eigenvalue weighted by molar-refractivity contribution is -0.118. The zero-order chi connectivity index (χ0) is 9.10. The number of morpholine rings is 1. The zero-order valence-electron chi connectivity index (χ0n) is 7.79. The summed E-state index contributed by atoms with van der Waals surface area (Å²) in [4.78, 5) is 13.7. The van der Waals surface area contributed by atoms with E-state index in [2.05, 4.69) is 11.0 Å². The van der Waals surface area contributed by atoms with Crippen molar-refractivity contribution in [1.29, 1.82) is 0 Å². The quantitative estimate of drug-likeness (QED) is 0.603. The van der Waals surface area contributed by atoms with Gasteiger partial charge in [0.2, 0.25) is 0 Å². The predicted octanol–water partition coefficient (Wildman–Crippen LogP) is 0.956. The van der Waals surface area contributed by atoms with Crippen LogP contribution in [0.3, 0.4) is 0 Å². The van der Waals surface area contributed by atoms with Gasteiger partial charge in [0.15, 0.2) is 5.78 Å². The second kappa shape index (κ2) is 3.92. The molecule has 1 heterocycles. The van der Waals surface area contributed by atoms with Gasteiger partial charge in [-0.1, -0.05) is 6.08 Å². The van der Waals surface area contributed by atoms with E-state index in [1.165, 1.54) is 0 Å². The molecule has 1 saturated heterocycles. The van der Waals surface area contributed by atoms with Gasteiger partial charge in [-0.2, -0.15) is 0 Å². The standard InChI is InChI=1S/C10H15NO2/c12-10-4-2-1-3-9(10)11-5-7-13-8-6-11/h3H,1-2,4-8H2. The number of allylic oxidation sites excluding steroid dienone is 2. The average Bonchev–Trinajstić information content (AvgIpc) is 2.20. The Morgan fingerprint density at radius 2 is 2.08 bits per heavy atom. The molecule has 0 aromatic heterocycles. The second-order valence-corrected chi connectivity index (χ2v) is 3.50. The van der Waals surface area contributed by atoms with E-state index in [4.69, 9.17) is 4.74 Å². The highest BCUT2D eigenvalue weighted by Gasteiger charge is 2.21. The minimum absolute atomic E-state index is 0.313. The molecule has 72 valence electrons. The number of hydrogen-bond acceptors (Lipinski definition) is 3. The van der Waals surface area contributed by atoms with Crippen molar-refractivity contribution in [3.8, 4) is 0 Å². The van der Waals surface area contributed by atoms with Crippen LogP contribution in [0.1, 0.15) is 19.3 Å². The summed E-state index contributed by atoms with van der Waals surface area (Å²) >= 11 is 0. The fraction of sp³-hybridized carbons (Fsp3) is 0.700. The SMILES string of the molecule is O=C1CCCC=C1N1CCOCC1. The Morgan fingerprint density at radius 1 is 1.31 bits per heavy atom. The van der Waals surface area contributed by atoms with Gasteiger partial charge >= 0.3 is 0 Å². The summed E-state index contributed by atoms with van der Waals surface area (Å²) in [6, 6.07) is 0. The van der Waals surface area contributed by atoms with Gasteiger partial charge in [0, 0.05) is 19.5 Å². The van der Waals surface area contributed by atoms with Crippen molar-refractivity contribution in [2.45, 2.75) is 19.3 Å². The van der Waals surface area contributed by atoms with Crippen molar-refractivity contribution in [2.75, 3.05) is 26.3 Å². The Hall–Kier alpha value is -0.830. The third kappa shape index (κ3) is 1.91. The molecule has 2 rings (SSSR count). The molecule has 0 saturated carbocycles. The van der Waals surface area contributed by atoms with Crippen molar-refractivity contribution in [1.82, 2.24) is 4.90 Å². The number of hydrogen-bond donors (Lipinski definition) is 0. The third-order valence-electron chi connectivity index (χ3n) is 2.58. The first-order valence-electron chi connectivity index (χ1n) is 4.94. The lowest BCUT2D eigenvalue weighted by Gasteiger charge is -2.31. The highest BCUT2D eigenvalue weighted by atomic mass is 16.5. The van der Waals surface area contributed by atoms with E-state index >= 15 is 0 Å². The van der Waals surface area contributed by atoms with Crippen molar-refractivity contribution >= 4 is 5.78 Å². The van der Waals surface area contributed by atoms with E-state index < -0.39 is 0 Å². The van der Waals surface area contributed by atoms with Crippen LogP contribution in [-0.4, -0.2) is 37.0 Å². The number of carbonyl (C=O) groups excluding carboxylic acids is 1. The summed E-state index contributed by atoms with van der Waals surface area (Å²) in [6.45, 7) is 3.25. The Bertz CT molecular complexity index is 229. The highest BCUT2D eigenvalue weighted by molar-refractivity contribution is 5.95. The van der Waals surface area contributed by atoms with E-state index in [9.17, 15) is 4.79 Å². The Morgan fingerprint density at radius 3 is 2.77 bits per heavy atom. The summed E-state index contributed by atoms with van der Waals surface area (Å²) in [5.74, 6) is 0.313. The van der Waals surface area contributed by atoms with Gasteiger partial charge in [-0.25, -0.2) is 0 Å². The molecule has 2 aliphatic rings. The molecular weight excluding hydrogens is 166 g/mol. The molecule has 13 heavy (non-hydrogen) atoms. The van der Waals surface area contributed by atoms with Crippen molar-refractivity contribution in [2.24, 2.45) is 0 Å². The molecule has 0 aromatic rings. The molecule has 1 fully saturated rings. The van der Waals surface area contributed by atoms with Gasteiger partial charge in [0.25, 0.3) is 0 Å². The fourth-order valence-electron chi connectivity index (χ4n) is 1.85. The molecule has 0 unspecified atom stereocenters. The number of carbonyl (C=O) groups is 1. The topological polar surface area (TPSA) is 29.5 Å². The van der Waals surface area contributed by atoms with E-state index in [-0.39, 0.29) is 0 Å². The molecule has 0 atom stereocenters. The minimum Gasteiger partial charge on any atom is -0.378 e. The van der Waals surface area contributed by atoms with Gasteiger partial charge in [0.1, 0.15) is 0 Å². The van der Waals surface area contributed by atoms with Crippen LogP contribution >= 0.6 is 0 Å². The van der Waals surface area contributed by atoms with E-state index in [0.717, 1.165) is 51.3 Å². The second-order valence-electron chi connectivity index (χ2n) is 3.50. The zero-order valence-corrected chi connectivity index (χ0v) is 7.79. The molecule has 0 N–H and O–H groups in total. The Balaban J connectivity index is 2.04. The molecule has 1 aliphatic heterocycles. The van der Waals surface area contributed by atoms with E-state index in [1.807, 2.05) is 0 Å². The van der Waals surface area contributed by atoms with Gasteiger partial charge in [0.05, 0.1) is 18.9 Å². The van der Waals surface area contributed by atoms with Crippen molar-refractivity contribution < 1.29 is 9.53 Å². The van der Waals surface area contributed by atoms with Crippen LogP contribution in [0.25, 0.3) is 0 Å². The maximum Gasteiger partial charge on any atom is 0.178 e. The molecule has 3 heteroatoms. The van der Waals surface area contributed by atoms with E-state index in [1.54, 1.807) is 0 Å². The summed E-state index contributed by atoms with van der Waals surface area (Å²) in [5.41, 5.74) is 0.939. The average molecular weight is 181 g/mol. The lowest BCUT2D eigenvalue weighted by Crippen LogP contribution is -2.38. The number of Topliss-reactive ketones (excluding diaryl/α,β-unsaturated/α-hetero) is 1. The Labute approximate surface area is 78.4 Å². The number of nitrogens with zero attached hydrogens (tertiary/aromatic N) is 1. The van der Waals surface area contributed by atoms with Gasteiger partial charge in [-0.3, -0.25) is 4.79 Å². The third-order valence-corrected chi connectivity index (χ3v) is 2.58. The molecule has 1 aliphatic carbocycles. The maximum absolute atomic E-state index is 11.5. The molecular formula is C10H15NO2. The van der Waals surface area contributed by atoms with Crippen molar-refractivity contribution in [3.63, 3.8) is 0 Å². The summed E-state index contributed by atoms with van der Waals surface area (Å²) < 4.78 is 5.25. The Kier molecular flexibility index (Phi) is 2.64. The molecule has 0 radical (unpaired) electrons. The summed E-state index contributed by atoms with van der Waals surface area (Å²) in [5, 5.41) is 0. The van der Waals surface area contributed by atoms with Crippen LogP contribution in [0, 0.1) is 0 Å². The maximum atomic E-state index is 11.5. The largest absolute Gasteiger partial charge is 0.378 e. The molecule has 3 nitrogen and oxygen atoms in total. The van der Waals surface area contributed by atoms with Crippen LogP contribution < -0.4 is 0 Å². The first-order chi connectivity index (χ1) is 6.38. The van der Waals surface area contributed by atoms with Crippen LogP contribution in [0.5, 0.6) is 0 Å². The van der Waals surface area contributed by atoms with Crippen LogP contribution in [0.4, 0.5) is 0 Å². The molecule has 0 bridgehead atoms. The first kappa shape index (κ1) is 8.75. The lowest BCUT2D eigenvalue weighted by atomic mass is 10.0. The highest BCUT2D eigenvalue weighted by Crippen LogP contribution is 2.18. The summed E-state index contributed by atoms with van der Waals surface area (Å²) in [7, 11) is 0. The fourth-order valence-corrected chi connectivity index (χ4v) is 1.85. The van der Waals surface area contributed by atoms with Crippen LogP contribution in [0.2, 0.25) is 0 Å². The monoisotopic (exact) mass is 181 g/mol. The number of ketones is 1. The molecule has 0 spiro atoms. The normalized spacial score (nSPS) is 24.5. The first-order valence-corrected chi connectivity index (χ1v) is 4.94. The summed E-state index contributed by atoms with van der Waals surface area (Å²) in [6.07, 6.45) is 4.88. The number of ether oxygens (including phenoxy) is 1. The number of rotatable bonds is 1. The molecule has 0 amide bonds.